The van der Waals surface area contributed by atoms with Gasteiger partial charge in [0.15, 0.2) is 0 Å². The maximum absolute atomic E-state index is 12.5. The van der Waals surface area contributed by atoms with Crippen molar-refractivity contribution in [3.05, 3.63) is 29.3 Å². The van der Waals surface area contributed by atoms with Crippen molar-refractivity contribution in [2.24, 2.45) is 5.92 Å². The molecule has 2 N–H and O–H groups in total. The molecule has 1 aromatic rings. The SMILES string of the molecule is COC(=O)c1cc(C)ccc1S(=O)(=O)NCC1CCCNC1.Cl. The molecule has 0 bridgehead atoms. The van der Waals surface area contributed by atoms with E-state index in [9.17, 15) is 13.2 Å². The average molecular weight is 363 g/mol. The summed E-state index contributed by atoms with van der Waals surface area (Å²) in [5.41, 5.74) is 0.868. The monoisotopic (exact) mass is 362 g/mol. The first kappa shape index (κ1) is 19.9. The number of hydrogen-bond acceptors (Lipinski definition) is 5. The Morgan fingerprint density at radius 1 is 1.43 bits per heavy atom. The number of ether oxygens (including phenoxy) is 1. The second kappa shape index (κ2) is 8.63. The first-order chi connectivity index (χ1) is 10.4. The lowest BCUT2D eigenvalue weighted by molar-refractivity contribution is 0.0596. The molecular weight excluding hydrogens is 340 g/mol. The van der Waals surface area contributed by atoms with E-state index in [1.807, 2.05) is 0 Å². The van der Waals surface area contributed by atoms with Crippen molar-refractivity contribution >= 4 is 28.4 Å². The van der Waals surface area contributed by atoms with Gasteiger partial charge in [-0.2, -0.15) is 0 Å². The molecule has 0 saturated carbocycles. The molecule has 0 radical (unpaired) electrons. The zero-order chi connectivity index (χ0) is 16.2. The molecule has 1 heterocycles. The van der Waals surface area contributed by atoms with E-state index in [1.165, 1.54) is 19.2 Å². The number of piperidine rings is 1. The highest BCUT2D eigenvalue weighted by atomic mass is 35.5. The maximum Gasteiger partial charge on any atom is 0.339 e. The average Bonchev–Trinajstić information content (AvgIpc) is 2.53. The van der Waals surface area contributed by atoms with Gasteiger partial charge >= 0.3 is 5.97 Å². The minimum absolute atomic E-state index is 0. The van der Waals surface area contributed by atoms with E-state index in [-0.39, 0.29) is 28.8 Å². The molecule has 1 saturated heterocycles. The summed E-state index contributed by atoms with van der Waals surface area (Å²) in [7, 11) is -2.50. The van der Waals surface area contributed by atoms with Crippen LogP contribution in [0.3, 0.4) is 0 Å². The Labute approximate surface area is 143 Å². The van der Waals surface area contributed by atoms with E-state index in [2.05, 4.69) is 14.8 Å². The van der Waals surface area contributed by atoms with Crippen molar-refractivity contribution in [2.75, 3.05) is 26.7 Å². The van der Waals surface area contributed by atoms with Crippen LogP contribution in [-0.4, -0.2) is 41.1 Å². The van der Waals surface area contributed by atoms with Gasteiger partial charge in [0, 0.05) is 6.54 Å². The van der Waals surface area contributed by atoms with Gasteiger partial charge in [-0.1, -0.05) is 11.6 Å². The van der Waals surface area contributed by atoms with E-state index in [1.54, 1.807) is 13.0 Å². The number of esters is 1. The first-order valence-electron chi connectivity index (χ1n) is 7.33. The van der Waals surface area contributed by atoms with Gasteiger partial charge in [0.25, 0.3) is 0 Å². The smallest absolute Gasteiger partial charge is 0.339 e. The van der Waals surface area contributed by atoms with Crippen molar-refractivity contribution in [2.45, 2.75) is 24.7 Å². The summed E-state index contributed by atoms with van der Waals surface area (Å²) < 4.78 is 32.3. The maximum atomic E-state index is 12.5. The zero-order valence-corrected chi connectivity index (χ0v) is 14.9. The van der Waals surface area contributed by atoms with Gasteiger partial charge < -0.3 is 10.1 Å². The number of aryl methyl sites for hydroxylation is 1. The van der Waals surface area contributed by atoms with Gasteiger partial charge in [0.2, 0.25) is 10.0 Å². The molecule has 1 fully saturated rings. The number of benzene rings is 1. The van der Waals surface area contributed by atoms with E-state index in [0.29, 0.717) is 6.54 Å². The standard InChI is InChI=1S/C15H22N2O4S.ClH/c1-11-5-6-14(13(8-11)15(18)21-2)22(19,20)17-10-12-4-3-7-16-9-12;/h5-6,8,12,16-17H,3-4,7,9-10H2,1-2H3;1H. The Hall–Kier alpha value is -1.15. The summed E-state index contributed by atoms with van der Waals surface area (Å²) in [5, 5.41) is 3.25. The molecular formula is C15H23ClN2O4S. The van der Waals surface area contributed by atoms with Crippen molar-refractivity contribution in [3.8, 4) is 0 Å². The minimum atomic E-state index is -3.74. The normalized spacial score (nSPS) is 18.1. The number of hydrogen-bond donors (Lipinski definition) is 2. The van der Waals surface area contributed by atoms with Crippen LogP contribution in [0.25, 0.3) is 0 Å². The minimum Gasteiger partial charge on any atom is -0.465 e. The van der Waals surface area contributed by atoms with Crippen molar-refractivity contribution in [1.29, 1.82) is 0 Å². The fraction of sp³-hybridized carbons (Fsp3) is 0.533. The number of sulfonamides is 1. The van der Waals surface area contributed by atoms with Crippen molar-refractivity contribution in [1.82, 2.24) is 10.0 Å². The van der Waals surface area contributed by atoms with E-state index >= 15 is 0 Å². The van der Waals surface area contributed by atoms with Crippen LogP contribution in [0.2, 0.25) is 0 Å². The van der Waals surface area contributed by atoms with Crippen LogP contribution in [-0.2, 0) is 14.8 Å². The molecule has 8 heteroatoms. The summed E-state index contributed by atoms with van der Waals surface area (Å²) >= 11 is 0. The summed E-state index contributed by atoms with van der Waals surface area (Å²) in [4.78, 5) is 11.8. The lowest BCUT2D eigenvalue weighted by Crippen LogP contribution is -2.38. The summed E-state index contributed by atoms with van der Waals surface area (Å²) in [6.07, 6.45) is 2.04. The Morgan fingerprint density at radius 3 is 2.78 bits per heavy atom. The molecule has 1 atom stereocenters. The molecule has 0 spiro atoms. The highest BCUT2D eigenvalue weighted by Crippen LogP contribution is 2.19. The van der Waals surface area contributed by atoms with Crippen molar-refractivity contribution < 1.29 is 17.9 Å². The molecule has 0 amide bonds. The van der Waals surface area contributed by atoms with Crippen LogP contribution >= 0.6 is 12.4 Å². The van der Waals surface area contributed by atoms with Crippen LogP contribution in [0.15, 0.2) is 23.1 Å². The Kier molecular flexibility index (Phi) is 7.47. The van der Waals surface area contributed by atoms with E-state index in [4.69, 9.17) is 0 Å². The molecule has 1 aliphatic rings. The van der Waals surface area contributed by atoms with Gasteiger partial charge in [-0.3, -0.25) is 0 Å². The van der Waals surface area contributed by atoms with Gasteiger partial charge in [0.1, 0.15) is 0 Å². The highest BCUT2D eigenvalue weighted by Gasteiger charge is 2.24. The Bertz CT molecular complexity index is 643. The second-order valence-electron chi connectivity index (χ2n) is 5.56. The Balaban J connectivity index is 0.00000264. The molecule has 1 aromatic carbocycles. The Morgan fingerprint density at radius 2 is 2.17 bits per heavy atom. The van der Waals surface area contributed by atoms with Gasteiger partial charge in [-0.05, 0) is 50.9 Å². The quantitative estimate of drug-likeness (QED) is 0.775. The zero-order valence-electron chi connectivity index (χ0n) is 13.3. The number of carbonyl (C=O) groups excluding carboxylic acids is 1. The predicted octanol–water partition coefficient (Wildman–Crippen LogP) is 1.48. The highest BCUT2D eigenvalue weighted by molar-refractivity contribution is 7.89. The predicted molar refractivity (Wildman–Crippen MR) is 90.5 cm³/mol. The lowest BCUT2D eigenvalue weighted by Gasteiger charge is -2.23. The van der Waals surface area contributed by atoms with Crippen LogP contribution in [0, 0.1) is 12.8 Å². The molecule has 0 aliphatic carbocycles. The number of nitrogens with one attached hydrogen (secondary N) is 2. The summed E-state index contributed by atoms with van der Waals surface area (Å²) in [6.45, 7) is 3.95. The molecule has 23 heavy (non-hydrogen) atoms. The lowest BCUT2D eigenvalue weighted by atomic mass is 10.0. The van der Waals surface area contributed by atoms with E-state index in [0.717, 1.165) is 31.5 Å². The van der Waals surface area contributed by atoms with Crippen LogP contribution in [0.4, 0.5) is 0 Å². The molecule has 0 aromatic heterocycles. The second-order valence-corrected chi connectivity index (χ2v) is 7.29. The number of methoxy groups -OCH3 is 1. The topological polar surface area (TPSA) is 84.5 Å². The fourth-order valence-electron chi connectivity index (χ4n) is 2.55. The third kappa shape index (κ3) is 5.17. The third-order valence-corrected chi connectivity index (χ3v) is 5.27. The number of halogens is 1. The molecule has 1 unspecified atom stereocenters. The van der Waals surface area contributed by atoms with Crippen LogP contribution < -0.4 is 10.0 Å². The third-order valence-electron chi connectivity index (χ3n) is 3.79. The molecule has 2 rings (SSSR count). The largest absolute Gasteiger partial charge is 0.465 e. The fourth-order valence-corrected chi connectivity index (χ4v) is 3.84. The van der Waals surface area contributed by atoms with Crippen molar-refractivity contribution in [3.63, 3.8) is 0 Å². The van der Waals surface area contributed by atoms with E-state index < -0.39 is 16.0 Å². The summed E-state index contributed by atoms with van der Waals surface area (Å²) in [6, 6.07) is 4.65. The summed E-state index contributed by atoms with van der Waals surface area (Å²) in [5.74, 6) is -0.376. The van der Waals surface area contributed by atoms with Crippen LogP contribution in [0.5, 0.6) is 0 Å². The van der Waals surface area contributed by atoms with Gasteiger partial charge in [-0.15, -0.1) is 12.4 Å². The number of rotatable bonds is 5. The molecule has 6 nitrogen and oxygen atoms in total. The molecule has 1 aliphatic heterocycles. The van der Waals surface area contributed by atoms with Gasteiger partial charge in [-0.25, -0.2) is 17.9 Å². The molecule has 130 valence electrons. The van der Waals surface area contributed by atoms with Gasteiger partial charge in [0.05, 0.1) is 17.6 Å². The first-order valence-corrected chi connectivity index (χ1v) is 8.81. The van der Waals surface area contributed by atoms with Crippen LogP contribution in [0.1, 0.15) is 28.8 Å². The number of carbonyl (C=O) groups is 1.